The third-order valence-corrected chi connectivity index (χ3v) is 10.3. The molecule has 0 atom stereocenters. The van der Waals surface area contributed by atoms with Gasteiger partial charge in [0.05, 0.1) is 24.7 Å². The number of fused-ring (bicyclic) bond motifs is 10. The summed E-state index contributed by atoms with van der Waals surface area (Å²) in [7, 11) is 0. The summed E-state index contributed by atoms with van der Waals surface area (Å²) in [5, 5.41) is 2.20. The first-order valence-electron chi connectivity index (χ1n) is 21.1. The third kappa shape index (κ3) is 4.30. The van der Waals surface area contributed by atoms with Gasteiger partial charge in [0, 0.05) is 52.8 Å². The SMILES string of the molecule is [2H]c1c([2H])c([2H])c2c(sc3c2c([2H])c([2H])c2c3c3c([2H])c([2H])c([2H])c([2H])c3n2-c2nc(-c3ccccc3)nc(-c3ccc4c(c3)oc3cccc(-c5ccccc5)c34)n2)c1[2H]. The van der Waals surface area contributed by atoms with Crippen LogP contribution in [-0.4, -0.2) is 19.5 Å². The van der Waals surface area contributed by atoms with Crippen molar-refractivity contribution in [1.82, 2.24) is 19.5 Å². The summed E-state index contributed by atoms with van der Waals surface area (Å²) in [6, 6.07) is 26.5. The van der Waals surface area contributed by atoms with E-state index in [4.69, 9.17) is 27.6 Å². The minimum atomic E-state index is -0.533. The van der Waals surface area contributed by atoms with Gasteiger partial charge >= 0.3 is 0 Å². The second-order valence-electron chi connectivity index (χ2n) is 12.0. The van der Waals surface area contributed by atoms with Crippen LogP contribution in [0.5, 0.6) is 0 Å². The molecule has 4 heterocycles. The zero-order valence-electron chi connectivity index (χ0n) is 36.3. The molecule has 0 aliphatic carbocycles. The molecule has 0 bridgehead atoms. The standard InChI is InChI=1S/C45H26N4OS/c1-3-12-27(13-4-1)30-18-11-20-37-40(30)34-23-22-29(26-38(34)50-37)44-46-43(28-14-5-2-6-15-28)47-45(48-44)49-35-19-9-7-17-33(35)41-36(49)25-24-32-31-16-8-10-21-39(31)51-42(32)41/h1-26H/i7D,8D,9D,10D,16D,17D,19D,21D,24D,25D. The molecule has 0 N–H and O–H groups in total. The van der Waals surface area contributed by atoms with Gasteiger partial charge in [0.25, 0.3) is 0 Å². The fourth-order valence-corrected chi connectivity index (χ4v) is 8.02. The second kappa shape index (κ2) is 10.9. The van der Waals surface area contributed by atoms with E-state index in [-0.39, 0.29) is 83.7 Å². The van der Waals surface area contributed by atoms with Gasteiger partial charge in [-0.05, 0) is 47.5 Å². The second-order valence-corrected chi connectivity index (χ2v) is 13.1. The Balaban J connectivity index is 1.25. The maximum atomic E-state index is 9.54. The van der Waals surface area contributed by atoms with Gasteiger partial charge in [-0.3, -0.25) is 4.57 Å². The van der Waals surface area contributed by atoms with Gasteiger partial charge in [-0.25, -0.2) is 4.98 Å². The Kier molecular flexibility index (Phi) is 4.32. The molecule has 4 aromatic heterocycles. The van der Waals surface area contributed by atoms with E-state index in [1.165, 1.54) is 4.57 Å². The lowest BCUT2D eigenvalue weighted by atomic mass is 9.99. The molecule has 0 spiro atoms. The zero-order chi connectivity index (χ0) is 42.2. The lowest BCUT2D eigenvalue weighted by Gasteiger charge is -2.11. The molecule has 11 rings (SSSR count). The van der Waals surface area contributed by atoms with Crippen molar-refractivity contribution in [2.45, 2.75) is 0 Å². The van der Waals surface area contributed by atoms with Crippen molar-refractivity contribution < 1.29 is 18.1 Å². The monoisotopic (exact) mass is 680 g/mol. The summed E-state index contributed by atoms with van der Waals surface area (Å²) in [5.41, 5.74) is 4.48. The molecule has 7 aromatic carbocycles. The highest BCUT2D eigenvalue weighted by atomic mass is 32.1. The van der Waals surface area contributed by atoms with E-state index in [1.54, 1.807) is 0 Å². The van der Waals surface area contributed by atoms with Crippen LogP contribution in [0.2, 0.25) is 0 Å². The van der Waals surface area contributed by atoms with E-state index in [0.717, 1.165) is 33.2 Å². The van der Waals surface area contributed by atoms with Crippen molar-refractivity contribution in [2.75, 3.05) is 0 Å². The van der Waals surface area contributed by atoms with Crippen LogP contribution in [-0.2, 0) is 0 Å². The number of aromatic nitrogens is 4. The molecule has 0 aliphatic heterocycles. The van der Waals surface area contributed by atoms with Crippen LogP contribution in [0.3, 0.4) is 0 Å². The highest BCUT2D eigenvalue weighted by Gasteiger charge is 2.21. The highest BCUT2D eigenvalue weighted by molar-refractivity contribution is 7.26. The molecule has 0 amide bonds. The fourth-order valence-electron chi connectivity index (χ4n) is 6.91. The number of thiophene rings is 1. The minimum absolute atomic E-state index is 0.0126. The van der Waals surface area contributed by atoms with E-state index in [1.807, 2.05) is 91.0 Å². The predicted octanol–water partition coefficient (Wildman–Crippen LogP) is 12.2. The van der Waals surface area contributed by atoms with Gasteiger partial charge < -0.3 is 4.42 Å². The summed E-state index contributed by atoms with van der Waals surface area (Å²) in [5.74, 6) is 0.355. The molecular formula is C45H26N4OS. The van der Waals surface area contributed by atoms with E-state index in [2.05, 4.69) is 6.07 Å². The van der Waals surface area contributed by atoms with Crippen molar-refractivity contribution in [1.29, 1.82) is 0 Å². The Morgan fingerprint density at radius 1 is 0.529 bits per heavy atom. The lowest BCUT2D eigenvalue weighted by molar-refractivity contribution is 0.669. The van der Waals surface area contributed by atoms with Crippen molar-refractivity contribution in [3.8, 4) is 39.9 Å². The molecule has 238 valence electrons. The van der Waals surface area contributed by atoms with Crippen LogP contribution in [0.4, 0.5) is 0 Å². The Hall–Kier alpha value is -6.63. The zero-order valence-corrected chi connectivity index (χ0v) is 27.2. The number of rotatable bonds is 4. The van der Waals surface area contributed by atoms with Crippen LogP contribution >= 0.6 is 11.3 Å². The molecule has 5 nitrogen and oxygen atoms in total. The van der Waals surface area contributed by atoms with E-state index < -0.39 is 36.3 Å². The number of benzene rings is 7. The van der Waals surface area contributed by atoms with Crippen LogP contribution in [0, 0.1) is 0 Å². The molecule has 0 unspecified atom stereocenters. The van der Waals surface area contributed by atoms with Crippen molar-refractivity contribution in [3.05, 3.63) is 157 Å². The fraction of sp³-hybridized carbons (Fsp3) is 0. The number of para-hydroxylation sites is 1. The highest BCUT2D eigenvalue weighted by Crippen LogP contribution is 2.43. The molecule has 0 saturated heterocycles. The van der Waals surface area contributed by atoms with Crippen LogP contribution in [0.25, 0.3) is 104 Å². The number of hydrogen-bond acceptors (Lipinski definition) is 5. The smallest absolute Gasteiger partial charge is 0.238 e. The van der Waals surface area contributed by atoms with Gasteiger partial charge in [-0.15, -0.1) is 11.3 Å². The average Bonchev–Trinajstić information content (AvgIpc) is 3.99. The number of furan rings is 1. The first kappa shape index (κ1) is 20.1. The largest absolute Gasteiger partial charge is 0.456 e. The summed E-state index contributed by atoms with van der Waals surface area (Å²) in [6.07, 6.45) is 0. The maximum Gasteiger partial charge on any atom is 0.238 e. The molecule has 0 saturated carbocycles. The van der Waals surface area contributed by atoms with Crippen LogP contribution in [0.15, 0.2) is 162 Å². The lowest BCUT2D eigenvalue weighted by Crippen LogP contribution is -2.06. The number of nitrogens with zero attached hydrogens (tertiary/aromatic N) is 4. The van der Waals surface area contributed by atoms with E-state index >= 15 is 0 Å². The molecule has 11 aromatic rings. The molecule has 0 radical (unpaired) electrons. The quantitative estimate of drug-likeness (QED) is 0.186. The normalized spacial score (nSPS) is 14.7. The maximum absolute atomic E-state index is 9.54. The average molecular weight is 681 g/mol. The van der Waals surface area contributed by atoms with Crippen LogP contribution in [0.1, 0.15) is 13.7 Å². The summed E-state index contributed by atoms with van der Waals surface area (Å²) in [6.45, 7) is 0. The Labute approximate surface area is 309 Å². The predicted molar refractivity (Wildman–Crippen MR) is 211 cm³/mol. The summed E-state index contributed by atoms with van der Waals surface area (Å²) < 4.78 is 97.3. The third-order valence-electron chi connectivity index (χ3n) is 9.16. The van der Waals surface area contributed by atoms with Crippen LogP contribution < -0.4 is 0 Å². The first-order chi connectivity index (χ1) is 29.4. The molecule has 6 heteroatoms. The Morgan fingerprint density at radius 3 is 2.12 bits per heavy atom. The van der Waals surface area contributed by atoms with E-state index in [9.17, 15) is 5.48 Å². The summed E-state index contributed by atoms with van der Waals surface area (Å²) in [4.78, 5) is 14.8. The van der Waals surface area contributed by atoms with E-state index in [0.29, 0.717) is 22.3 Å². The molecule has 51 heavy (non-hydrogen) atoms. The molecule has 0 aliphatic rings. The van der Waals surface area contributed by atoms with Crippen molar-refractivity contribution in [3.63, 3.8) is 0 Å². The van der Waals surface area contributed by atoms with Gasteiger partial charge in [0.15, 0.2) is 11.6 Å². The van der Waals surface area contributed by atoms with Gasteiger partial charge in [0.2, 0.25) is 5.95 Å². The number of hydrogen-bond donors (Lipinski definition) is 0. The van der Waals surface area contributed by atoms with Crippen molar-refractivity contribution in [2.24, 2.45) is 0 Å². The summed E-state index contributed by atoms with van der Waals surface area (Å²) >= 11 is 0.984. The topological polar surface area (TPSA) is 56.7 Å². The van der Waals surface area contributed by atoms with Crippen molar-refractivity contribution >= 4 is 75.3 Å². The Morgan fingerprint density at radius 2 is 1.27 bits per heavy atom. The molecular weight excluding hydrogens is 645 g/mol. The van der Waals surface area contributed by atoms with Gasteiger partial charge in [-0.2, -0.15) is 9.97 Å². The van der Waals surface area contributed by atoms with Gasteiger partial charge in [-0.1, -0.05) is 121 Å². The minimum Gasteiger partial charge on any atom is -0.456 e. The first-order valence-corrected chi connectivity index (χ1v) is 16.9. The van der Waals surface area contributed by atoms with Gasteiger partial charge in [0.1, 0.15) is 11.2 Å². The molecule has 0 fully saturated rings. The Bertz CT molecular complexity index is 3720.